The number of hydrogen-bond donors (Lipinski definition) is 6. The van der Waals surface area contributed by atoms with E-state index >= 15 is 0 Å². The van der Waals surface area contributed by atoms with E-state index in [1.54, 1.807) is 37.2 Å². The minimum Gasteiger partial charge on any atom is -0.367 e. The Balaban J connectivity index is 0.000000131. The van der Waals surface area contributed by atoms with E-state index in [4.69, 9.17) is 30.8 Å². The summed E-state index contributed by atoms with van der Waals surface area (Å²) in [6.45, 7) is 14.4. The van der Waals surface area contributed by atoms with E-state index < -0.39 is 0 Å². The molecule has 77 heavy (non-hydrogen) atoms. The molecule has 0 amide bonds. The lowest BCUT2D eigenvalue weighted by Crippen LogP contribution is -2.11. The van der Waals surface area contributed by atoms with Crippen molar-refractivity contribution in [1.29, 1.82) is 0 Å². The second kappa shape index (κ2) is 23.7. The molecular weight excluding hydrogens is 1090 g/mol. The van der Waals surface area contributed by atoms with Gasteiger partial charge in [0.15, 0.2) is 0 Å². The van der Waals surface area contributed by atoms with Crippen LogP contribution in [0.3, 0.4) is 0 Å². The van der Waals surface area contributed by atoms with Gasteiger partial charge in [0.2, 0.25) is 17.5 Å². The lowest BCUT2D eigenvalue weighted by molar-refractivity contribution is 0.437. The maximum atomic E-state index is 5.53. The molecule has 0 saturated carbocycles. The zero-order valence-corrected chi connectivity index (χ0v) is 45.6. The van der Waals surface area contributed by atoms with Crippen molar-refractivity contribution in [3.8, 4) is 34.2 Å². The van der Waals surface area contributed by atoms with Gasteiger partial charge in [0, 0.05) is 55.7 Å². The van der Waals surface area contributed by atoms with Gasteiger partial charge >= 0.3 is 18.0 Å². The van der Waals surface area contributed by atoms with Gasteiger partial charge in [0.1, 0.15) is 17.5 Å². The van der Waals surface area contributed by atoms with Crippen LogP contribution in [0.1, 0.15) is 92.0 Å². The number of rotatable bonds is 11. The fraction of sp³-hybridized carbons (Fsp3) is 0.236. The number of benzene rings is 3. The number of hydrogen-bond acceptors (Lipinski definition) is 21. The minimum atomic E-state index is 0.0598. The highest BCUT2D eigenvalue weighted by Crippen LogP contribution is 2.37. The van der Waals surface area contributed by atoms with E-state index in [0.717, 1.165) is 92.8 Å². The van der Waals surface area contributed by atoms with Gasteiger partial charge in [-0.2, -0.15) is 15.0 Å². The van der Waals surface area contributed by atoms with E-state index in [2.05, 4.69) is 183 Å². The molecule has 9 N–H and O–H groups in total. The summed E-state index contributed by atoms with van der Waals surface area (Å²) in [6.07, 6.45) is 19.8. The molecule has 0 radical (unpaired) electrons. The first-order chi connectivity index (χ1) is 37.1. The molecular formula is C55H57IN18O3. The minimum absolute atomic E-state index is 0.0598. The predicted octanol–water partition coefficient (Wildman–Crippen LogP) is 10.1. The summed E-state index contributed by atoms with van der Waals surface area (Å²) in [5, 5.41) is 21.3. The molecule has 9 aromatic rings. The highest BCUT2D eigenvalue weighted by Gasteiger charge is 2.22. The Hall–Kier alpha value is -8.93. The first-order valence-electron chi connectivity index (χ1n) is 24.8. The zero-order valence-electron chi connectivity index (χ0n) is 43.4. The standard InChI is InChI=1S/2C18H18N6O.C11H8IN3O.C8H13N3/c2*1-10(2)21-16-9-20-8-15(22-16)13-6-5-11-3-4-12(7-14(11)13)17-23-18(19)25-24-17;12-9-4-3-6-1-2-7(5-8(6)9)10-14-11(13)16-15-10;1-6(2)10-8-5-9-4-7(3)11-8/h2*3-4,6-10H,5H2,1-2H3,(H,21,22)(H2,19,23,24);1-2,4-5H,3H2,(H2,13,14,15);4-6H,1-3H3,(H,10,11). The fourth-order valence-electron chi connectivity index (χ4n) is 8.45. The van der Waals surface area contributed by atoms with Gasteiger partial charge in [-0.25, -0.2) is 15.0 Å². The number of nitrogens with zero attached hydrogens (tertiary/aromatic N) is 12. The molecule has 0 bridgehead atoms. The monoisotopic (exact) mass is 1140 g/mol. The molecule has 3 aromatic carbocycles. The van der Waals surface area contributed by atoms with Gasteiger partial charge in [-0.15, -0.1) is 0 Å². The predicted molar refractivity (Wildman–Crippen MR) is 307 cm³/mol. The van der Waals surface area contributed by atoms with Crippen molar-refractivity contribution in [2.75, 3.05) is 33.2 Å². The molecule has 392 valence electrons. The van der Waals surface area contributed by atoms with Crippen LogP contribution >= 0.6 is 22.6 Å². The summed E-state index contributed by atoms with van der Waals surface area (Å²) in [4.78, 5) is 38.5. The number of aromatic nitrogens is 12. The third kappa shape index (κ3) is 13.3. The van der Waals surface area contributed by atoms with E-state index in [0.29, 0.717) is 35.6 Å². The molecule has 0 unspecified atom stereocenters. The van der Waals surface area contributed by atoms with Crippen molar-refractivity contribution in [2.45, 2.75) is 85.9 Å². The van der Waals surface area contributed by atoms with Crippen molar-refractivity contribution < 1.29 is 13.6 Å². The number of nitrogens with two attached hydrogens (primary N) is 3. The summed E-state index contributed by atoms with van der Waals surface area (Å²) in [6, 6.07) is 19.6. The number of fused-ring (bicyclic) bond motifs is 3. The van der Waals surface area contributed by atoms with Gasteiger partial charge in [-0.1, -0.05) is 70.1 Å². The molecule has 0 spiro atoms. The molecule has 6 aromatic heterocycles. The first-order valence-corrected chi connectivity index (χ1v) is 25.9. The molecule has 21 nitrogen and oxygen atoms in total. The van der Waals surface area contributed by atoms with Crippen LogP contribution in [0.2, 0.25) is 0 Å². The third-order valence-electron chi connectivity index (χ3n) is 11.7. The lowest BCUT2D eigenvalue weighted by atomic mass is 10.0. The molecule has 0 saturated heterocycles. The van der Waals surface area contributed by atoms with Gasteiger partial charge in [-0.3, -0.25) is 15.0 Å². The van der Waals surface area contributed by atoms with Gasteiger partial charge in [0.25, 0.3) is 0 Å². The number of aryl methyl sites for hydroxylation is 1. The topological polar surface area (TPSA) is 308 Å². The highest BCUT2D eigenvalue weighted by atomic mass is 127. The molecule has 0 fully saturated rings. The summed E-state index contributed by atoms with van der Waals surface area (Å²) in [7, 11) is 0. The normalized spacial score (nSPS) is 12.7. The van der Waals surface area contributed by atoms with Crippen LogP contribution in [-0.4, -0.2) is 78.5 Å². The highest BCUT2D eigenvalue weighted by molar-refractivity contribution is 14.1. The molecule has 0 aliphatic heterocycles. The number of halogens is 1. The summed E-state index contributed by atoms with van der Waals surface area (Å²) in [5.41, 5.74) is 31.1. The smallest absolute Gasteiger partial charge is 0.319 e. The Morgan fingerprint density at radius 1 is 0.455 bits per heavy atom. The average Bonchev–Trinajstić information content (AvgIpc) is 4.30. The van der Waals surface area contributed by atoms with Gasteiger partial charge < -0.3 is 46.7 Å². The van der Waals surface area contributed by atoms with E-state index in [9.17, 15) is 0 Å². The van der Waals surface area contributed by atoms with Crippen LogP contribution in [-0.2, 0) is 19.3 Å². The molecule has 0 atom stereocenters. The Kier molecular flexibility index (Phi) is 16.3. The zero-order chi connectivity index (χ0) is 54.2. The van der Waals surface area contributed by atoms with Crippen LogP contribution in [0.5, 0.6) is 0 Å². The van der Waals surface area contributed by atoms with Crippen LogP contribution in [0.25, 0.3) is 48.9 Å². The lowest BCUT2D eigenvalue weighted by Gasteiger charge is -2.11. The second-order valence-electron chi connectivity index (χ2n) is 18.9. The molecule has 12 rings (SSSR count). The fourth-order valence-corrected chi connectivity index (χ4v) is 9.17. The number of nitrogen functional groups attached to an aromatic ring is 3. The van der Waals surface area contributed by atoms with Crippen LogP contribution in [0, 0.1) is 6.92 Å². The maximum Gasteiger partial charge on any atom is 0.319 e. The Bertz CT molecular complexity index is 3480. The quantitative estimate of drug-likeness (QED) is 0.0656. The van der Waals surface area contributed by atoms with Crippen molar-refractivity contribution in [3.63, 3.8) is 0 Å². The number of allylic oxidation sites excluding steroid dienone is 3. The number of nitrogens with one attached hydrogen (secondary N) is 3. The van der Waals surface area contributed by atoms with Crippen LogP contribution in [0.4, 0.5) is 35.5 Å². The van der Waals surface area contributed by atoms with Crippen molar-refractivity contribution >= 4 is 72.8 Å². The Labute approximate surface area is 458 Å². The van der Waals surface area contributed by atoms with Crippen LogP contribution < -0.4 is 33.2 Å². The molecule has 6 heterocycles. The number of anilines is 6. The molecule has 3 aliphatic rings. The SMILES string of the molecule is CC(C)Nc1cncc(C2=CCc3ccc(-c4noc(N)n4)cc32)n1.CC(C)Nc1cncc(C2=CCc3ccc(-c4noc(N)n4)cc32)n1.Cc1cncc(NC(C)C)n1.Nc1nc(-c2ccc3c(c2)C(I)=CC3)no1. The Morgan fingerprint density at radius 3 is 1.19 bits per heavy atom. The summed E-state index contributed by atoms with van der Waals surface area (Å²) >= 11 is 2.34. The van der Waals surface area contributed by atoms with Gasteiger partial charge in [0.05, 0.1) is 48.1 Å². The van der Waals surface area contributed by atoms with E-state index in [1.165, 1.54) is 25.8 Å². The first kappa shape index (κ1) is 52.9. The van der Waals surface area contributed by atoms with Crippen molar-refractivity contribution in [2.24, 2.45) is 0 Å². The van der Waals surface area contributed by atoms with Crippen molar-refractivity contribution in [3.05, 3.63) is 160 Å². The average molecular weight is 1150 g/mol. The largest absolute Gasteiger partial charge is 0.367 e. The molecule has 22 heteroatoms. The van der Waals surface area contributed by atoms with E-state index in [1.807, 2.05) is 37.3 Å². The Morgan fingerprint density at radius 2 is 0.818 bits per heavy atom. The van der Waals surface area contributed by atoms with E-state index in [-0.39, 0.29) is 18.0 Å². The van der Waals surface area contributed by atoms with Gasteiger partial charge in [-0.05, 0) is 142 Å². The maximum absolute atomic E-state index is 5.53. The summed E-state index contributed by atoms with van der Waals surface area (Å²) < 4.78 is 15.8. The van der Waals surface area contributed by atoms with Crippen molar-refractivity contribution in [1.82, 2.24) is 60.3 Å². The molecule has 3 aliphatic carbocycles. The summed E-state index contributed by atoms with van der Waals surface area (Å²) in [5.74, 6) is 3.88. The third-order valence-corrected chi connectivity index (χ3v) is 12.7. The second-order valence-corrected chi connectivity index (χ2v) is 20.1. The van der Waals surface area contributed by atoms with Crippen LogP contribution in [0.15, 0.2) is 124 Å².